The predicted octanol–water partition coefficient (Wildman–Crippen LogP) is 18.7. The van der Waals surface area contributed by atoms with Crippen LogP contribution in [0.3, 0.4) is 0 Å². The van der Waals surface area contributed by atoms with Crippen molar-refractivity contribution in [1.29, 1.82) is 0 Å². The highest BCUT2D eigenvalue weighted by atomic mass is 19.1. The maximum atomic E-state index is 19.1. The van der Waals surface area contributed by atoms with Crippen LogP contribution in [0, 0.1) is 45.1 Å². The second-order valence-electron chi connectivity index (χ2n) is 18.1. The van der Waals surface area contributed by atoms with E-state index in [1.807, 2.05) is 159 Å². The lowest BCUT2D eigenvalue weighted by atomic mass is 9.81. The van der Waals surface area contributed by atoms with E-state index in [1.54, 1.807) is 0 Å². The molecule has 0 heterocycles. The second-order valence-corrected chi connectivity index (χ2v) is 18.1. The summed E-state index contributed by atoms with van der Waals surface area (Å²) in [7, 11) is 0. The Balaban J connectivity index is 1.30. The molecule has 326 valence electrons. The van der Waals surface area contributed by atoms with E-state index in [9.17, 15) is 0 Å². The number of anilines is 3. The van der Waals surface area contributed by atoms with Gasteiger partial charge in [0.25, 0.3) is 0 Å². The molecule has 0 aromatic heterocycles. The normalized spacial score (nSPS) is 11.8. The fraction of sp³-hybridized carbons (Fsp3) is 0.0625. The standard InChI is InChI=1S/C64H44F3N/c1-37-29-33-41(34-30-37)68(42-35-31-38(2)32-36-42)64-53-27-15-13-25-51(53)57(52-26-14-16-28-54(52)64)60-62(66)58(55-47-21-9-5-17-43(47)39(3)44-18-6-10-22-48(44)55)61(65)59(63(60)67)56-49-23-11-7-19-45(49)40(4)46-20-8-12-24-50(46)56/h5-36H,1-4H3. The van der Waals surface area contributed by atoms with Crippen molar-refractivity contribution in [3.8, 4) is 33.4 Å². The molecule has 1 nitrogen and oxygen atoms in total. The van der Waals surface area contributed by atoms with Gasteiger partial charge < -0.3 is 4.90 Å². The molecule has 0 saturated carbocycles. The quantitative estimate of drug-likeness (QED) is 0.150. The molecule has 12 aromatic rings. The third-order valence-electron chi connectivity index (χ3n) is 14.2. The molecule has 68 heavy (non-hydrogen) atoms. The molecule has 0 aliphatic rings. The summed E-state index contributed by atoms with van der Waals surface area (Å²) >= 11 is 0. The van der Waals surface area contributed by atoms with E-state index in [4.69, 9.17) is 0 Å². The van der Waals surface area contributed by atoms with Gasteiger partial charge in [-0.3, -0.25) is 0 Å². The molecule has 12 aromatic carbocycles. The van der Waals surface area contributed by atoms with Gasteiger partial charge in [-0.2, -0.15) is 0 Å². The van der Waals surface area contributed by atoms with Crippen LogP contribution >= 0.6 is 0 Å². The van der Waals surface area contributed by atoms with E-state index < -0.39 is 17.5 Å². The number of nitrogens with zero attached hydrogens (tertiary/aromatic N) is 1. The zero-order valence-electron chi connectivity index (χ0n) is 38.1. The number of benzene rings is 12. The average molecular weight is 884 g/mol. The van der Waals surface area contributed by atoms with Crippen molar-refractivity contribution in [2.24, 2.45) is 0 Å². The molecule has 0 radical (unpaired) electrons. The zero-order valence-corrected chi connectivity index (χ0v) is 38.1. The lowest BCUT2D eigenvalue weighted by Crippen LogP contribution is -2.12. The Morgan fingerprint density at radius 1 is 0.250 bits per heavy atom. The Hall–Kier alpha value is -8.21. The lowest BCUT2D eigenvalue weighted by molar-refractivity contribution is 0.558. The molecule has 0 aliphatic heterocycles. The van der Waals surface area contributed by atoms with Gasteiger partial charge in [0.2, 0.25) is 0 Å². The van der Waals surface area contributed by atoms with Gasteiger partial charge in [-0.15, -0.1) is 0 Å². The number of fused-ring (bicyclic) bond motifs is 6. The van der Waals surface area contributed by atoms with Gasteiger partial charge in [0.15, 0.2) is 0 Å². The van der Waals surface area contributed by atoms with Crippen molar-refractivity contribution in [2.75, 3.05) is 4.90 Å². The van der Waals surface area contributed by atoms with Crippen LogP contribution in [0.5, 0.6) is 0 Å². The van der Waals surface area contributed by atoms with E-state index in [2.05, 4.69) is 67.3 Å². The van der Waals surface area contributed by atoms with Crippen molar-refractivity contribution in [1.82, 2.24) is 0 Å². The molecule has 0 N–H and O–H groups in total. The number of rotatable bonds is 6. The van der Waals surface area contributed by atoms with Crippen LogP contribution in [-0.2, 0) is 0 Å². The monoisotopic (exact) mass is 883 g/mol. The summed E-state index contributed by atoms with van der Waals surface area (Å²) in [5, 5.41) is 9.02. The first-order chi connectivity index (χ1) is 33.2. The molecule has 0 unspecified atom stereocenters. The maximum absolute atomic E-state index is 19.1. The van der Waals surface area contributed by atoms with E-state index in [1.165, 1.54) is 0 Å². The molecule has 0 spiro atoms. The van der Waals surface area contributed by atoms with Crippen LogP contribution in [0.25, 0.3) is 98.0 Å². The predicted molar refractivity (Wildman–Crippen MR) is 281 cm³/mol. The highest BCUT2D eigenvalue weighted by Gasteiger charge is 2.34. The average Bonchev–Trinajstić information content (AvgIpc) is 3.37. The summed E-state index contributed by atoms with van der Waals surface area (Å²) in [6.45, 7) is 8.23. The zero-order chi connectivity index (χ0) is 46.4. The number of hydrogen-bond donors (Lipinski definition) is 0. The highest BCUT2D eigenvalue weighted by molar-refractivity contribution is 6.24. The molecule has 12 rings (SSSR count). The van der Waals surface area contributed by atoms with Gasteiger partial charge in [0.05, 0.1) is 22.4 Å². The number of aryl methyl sites for hydroxylation is 4. The Bertz CT molecular complexity index is 3670. The number of halogens is 3. The third-order valence-corrected chi connectivity index (χ3v) is 14.2. The fourth-order valence-corrected chi connectivity index (χ4v) is 11.0. The molecule has 0 aliphatic carbocycles. The van der Waals surface area contributed by atoms with Crippen LogP contribution in [0.1, 0.15) is 22.3 Å². The van der Waals surface area contributed by atoms with E-state index in [0.717, 1.165) is 71.6 Å². The van der Waals surface area contributed by atoms with Crippen molar-refractivity contribution in [3.63, 3.8) is 0 Å². The topological polar surface area (TPSA) is 3.24 Å². The van der Waals surface area contributed by atoms with Crippen molar-refractivity contribution >= 4 is 81.7 Å². The van der Waals surface area contributed by atoms with Gasteiger partial charge in [-0.1, -0.05) is 181 Å². The van der Waals surface area contributed by atoms with E-state index in [0.29, 0.717) is 49.0 Å². The fourth-order valence-electron chi connectivity index (χ4n) is 11.0. The molecule has 4 heteroatoms. The Kier molecular flexibility index (Phi) is 9.70. The molecule has 0 atom stereocenters. The summed E-state index contributed by atoms with van der Waals surface area (Å²) in [4.78, 5) is 2.23. The first-order valence-electron chi connectivity index (χ1n) is 23.1. The Morgan fingerprint density at radius 2 is 0.471 bits per heavy atom. The van der Waals surface area contributed by atoms with Crippen molar-refractivity contribution in [2.45, 2.75) is 27.7 Å². The van der Waals surface area contributed by atoms with Gasteiger partial charge in [-0.25, -0.2) is 13.2 Å². The SMILES string of the molecule is Cc1ccc(N(c2ccc(C)cc2)c2c3ccccc3c(-c3c(F)c(-c4c5ccccc5c(C)c5ccccc45)c(F)c(-c4c5ccccc5c(C)c5ccccc45)c3F)c3ccccc23)cc1. The van der Waals surface area contributed by atoms with Crippen LogP contribution in [-0.4, -0.2) is 0 Å². The van der Waals surface area contributed by atoms with E-state index >= 15 is 13.2 Å². The maximum Gasteiger partial charge on any atom is 0.144 e. The summed E-state index contributed by atoms with van der Waals surface area (Å²) in [5.41, 5.74) is 7.28. The molecular weight excluding hydrogens is 840 g/mol. The minimum atomic E-state index is -0.958. The van der Waals surface area contributed by atoms with Crippen molar-refractivity contribution < 1.29 is 13.2 Å². The minimum Gasteiger partial charge on any atom is -0.309 e. The smallest absolute Gasteiger partial charge is 0.144 e. The van der Waals surface area contributed by atoms with Gasteiger partial charge >= 0.3 is 0 Å². The second kappa shape index (κ2) is 16.0. The molecule has 0 amide bonds. The van der Waals surface area contributed by atoms with Crippen LogP contribution in [0.4, 0.5) is 30.2 Å². The first-order valence-corrected chi connectivity index (χ1v) is 23.1. The van der Waals surface area contributed by atoms with Crippen LogP contribution in [0.15, 0.2) is 194 Å². The van der Waals surface area contributed by atoms with E-state index in [-0.39, 0.29) is 16.7 Å². The first kappa shape index (κ1) is 41.2. The van der Waals surface area contributed by atoms with Gasteiger partial charge in [0.1, 0.15) is 17.5 Å². The molecular formula is C64H44F3N. The van der Waals surface area contributed by atoms with Gasteiger partial charge in [0, 0.05) is 38.8 Å². The summed E-state index contributed by atoms with van der Waals surface area (Å²) in [5.74, 6) is -2.86. The lowest BCUT2D eigenvalue weighted by Gasteiger charge is -2.30. The Morgan fingerprint density at radius 3 is 0.735 bits per heavy atom. The number of hydrogen-bond acceptors (Lipinski definition) is 1. The summed E-state index contributed by atoms with van der Waals surface area (Å²) in [6, 6.07) is 63.6. The highest BCUT2D eigenvalue weighted by Crippen LogP contribution is 2.54. The molecule has 0 saturated heterocycles. The largest absolute Gasteiger partial charge is 0.309 e. The minimum absolute atomic E-state index is 0.268. The summed E-state index contributed by atoms with van der Waals surface area (Å²) < 4.78 is 57.2. The van der Waals surface area contributed by atoms with Crippen LogP contribution in [0.2, 0.25) is 0 Å². The van der Waals surface area contributed by atoms with Crippen molar-refractivity contribution in [3.05, 3.63) is 234 Å². The summed E-state index contributed by atoms with van der Waals surface area (Å²) in [6.07, 6.45) is 0. The Labute approximate surface area is 393 Å². The molecule has 0 fully saturated rings. The molecule has 0 bridgehead atoms. The van der Waals surface area contributed by atoms with Crippen LogP contribution < -0.4 is 4.90 Å². The third kappa shape index (κ3) is 6.17. The van der Waals surface area contributed by atoms with Gasteiger partial charge in [-0.05, 0) is 117 Å².